The summed E-state index contributed by atoms with van der Waals surface area (Å²) in [5.41, 5.74) is -0.253. The quantitative estimate of drug-likeness (QED) is 0.807. The molecule has 2 atom stereocenters. The Kier molecular flexibility index (Phi) is 4.74. The van der Waals surface area contributed by atoms with Crippen molar-refractivity contribution in [3.8, 4) is 0 Å². The second-order valence-corrected chi connectivity index (χ2v) is 6.40. The molecule has 3 nitrogen and oxygen atoms in total. The molecule has 0 radical (unpaired) electrons. The summed E-state index contributed by atoms with van der Waals surface area (Å²) in [4.78, 5) is 12.4. The van der Waals surface area contributed by atoms with E-state index in [9.17, 15) is 4.79 Å². The van der Waals surface area contributed by atoms with Gasteiger partial charge in [0.1, 0.15) is 0 Å². The summed E-state index contributed by atoms with van der Waals surface area (Å²) in [6.07, 6.45) is 6.57. The highest BCUT2D eigenvalue weighted by Crippen LogP contribution is 2.26. The first-order valence-electron chi connectivity index (χ1n) is 6.90. The van der Waals surface area contributed by atoms with Crippen LogP contribution in [0.5, 0.6) is 0 Å². The van der Waals surface area contributed by atoms with Crippen LogP contribution in [0.3, 0.4) is 0 Å². The van der Waals surface area contributed by atoms with Gasteiger partial charge in [-0.15, -0.1) is 0 Å². The molecule has 0 aromatic carbocycles. The minimum Gasteiger partial charge on any atom is -0.351 e. The smallest absolute Gasteiger partial charge is 0.240 e. The fraction of sp³-hybridized carbons (Fsp3) is 0.923. The molecular weight excluding hydrogens is 232 g/mol. The molecule has 0 spiro atoms. The van der Waals surface area contributed by atoms with Gasteiger partial charge in [0.05, 0.1) is 5.54 Å². The number of nitrogens with one attached hydrogen (secondary N) is 2. The minimum atomic E-state index is -0.253. The highest BCUT2D eigenvalue weighted by atomic mass is 32.2. The Labute approximate surface area is 108 Å². The molecule has 2 aliphatic rings. The third-order valence-corrected chi connectivity index (χ3v) is 5.07. The van der Waals surface area contributed by atoms with Crippen molar-refractivity contribution in [3.63, 3.8) is 0 Å². The molecule has 2 unspecified atom stereocenters. The molecule has 1 amide bonds. The number of thioether (sulfide) groups is 1. The molecule has 2 rings (SSSR count). The Morgan fingerprint density at radius 2 is 2.41 bits per heavy atom. The van der Waals surface area contributed by atoms with Crippen molar-refractivity contribution in [1.82, 2.24) is 10.6 Å². The zero-order chi connectivity index (χ0) is 12.1. The highest BCUT2D eigenvalue weighted by Gasteiger charge is 2.40. The Morgan fingerprint density at radius 3 is 3.00 bits per heavy atom. The van der Waals surface area contributed by atoms with Gasteiger partial charge < -0.3 is 10.6 Å². The normalized spacial score (nSPS) is 33.6. The Bertz CT molecular complexity index is 258. The van der Waals surface area contributed by atoms with Crippen molar-refractivity contribution in [2.24, 2.45) is 0 Å². The van der Waals surface area contributed by atoms with Crippen LogP contribution in [0, 0.1) is 0 Å². The molecule has 98 valence electrons. The summed E-state index contributed by atoms with van der Waals surface area (Å²) in [5.74, 6) is 2.60. The number of rotatable bonds is 4. The third kappa shape index (κ3) is 3.16. The molecule has 0 aliphatic carbocycles. The van der Waals surface area contributed by atoms with Gasteiger partial charge in [0.25, 0.3) is 0 Å². The molecule has 17 heavy (non-hydrogen) atoms. The topological polar surface area (TPSA) is 41.1 Å². The van der Waals surface area contributed by atoms with Gasteiger partial charge in [-0.1, -0.05) is 13.3 Å². The molecule has 2 N–H and O–H groups in total. The summed E-state index contributed by atoms with van der Waals surface area (Å²) in [6, 6.07) is 0.400. The SMILES string of the molecule is CCCC1(C(=O)NC2CCCSC2)CCCN1. The summed E-state index contributed by atoms with van der Waals surface area (Å²) < 4.78 is 0. The lowest BCUT2D eigenvalue weighted by Gasteiger charge is -2.31. The van der Waals surface area contributed by atoms with Crippen LogP contribution in [-0.4, -0.2) is 35.5 Å². The van der Waals surface area contributed by atoms with Crippen molar-refractivity contribution in [1.29, 1.82) is 0 Å². The lowest BCUT2D eigenvalue weighted by atomic mass is 9.90. The molecule has 0 saturated carbocycles. The van der Waals surface area contributed by atoms with E-state index in [0.717, 1.165) is 44.4 Å². The number of amides is 1. The van der Waals surface area contributed by atoms with Crippen molar-refractivity contribution >= 4 is 17.7 Å². The first-order valence-corrected chi connectivity index (χ1v) is 8.06. The van der Waals surface area contributed by atoms with E-state index in [1.165, 1.54) is 12.2 Å². The van der Waals surface area contributed by atoms with Crippen molar-refractivity contribution in [2.45, 2.75) is 57.0 Å². The summed E-state index contributed by atoms with van der Waals surface area (Å²) in [6.45, 7) is 3.15. The minimum absolute atomic E-state index is 0.253. The van der Waals surface area contributed by atoms with Gasteiger partial charge in [-0.05, 0) is 44.4 Å². The van der Waals surface area contributed by atoms with E-state index >= 15 is 0 Å². The lowest BCUT2D eigenvalue weighted by Crippen LogP contribution is -2.56. The average Bonchev–Trinajstić information content (AvgIpc) is 2.81. The van der Waals surface area contributed by atoms with Crippen molar-refractivity contribution < 1.29 is 4.79 Å². The molecule has 2 fully saturated rings. The van der Waals surface area contributed by atoms with E-state index in [0.29, 0.717) is 6.04 Å². The molecule has 0 aromatic heterocycles. The van der Waals surface area contributed by atoms with Gasteiger partial charge in [0, 0.05) is 11.8 Å². The maximum absolute atomic E-state index is 12.4. The van der Waals surface area contributed by atoms with Crippen LogP contribution < -0.4 is 10.6 Å². The molecule has 2 saturated heterocycles. The fourth-order valence-electron chi connectivity index (χ4n) is 2.93. The number of carbonyl (C=O) groups is 1. The van der Waals surface area contributed by atoms with Crippen LogP contribution in [0.1, 0.15) is 45.4 Å². The third-order valence-electron chi connectivity index (χ3n) is 3.85. The molecule has 2 aliphatic heterocycles. The zero-order valence-corrected chi connectivity index (χ0v) is 11.6. The summed E-state index contributed by atoms with van der Waals surface area (Å²) >= 11 is 1.96. The standard InChI is InChI=1S/C13H24N2OS/c1-2-6-13(7-4-8-14-13)12(16)15-11-5-3-9-17-10-11/h11,14H,2-10H2,1H3,(H,15,16). The fourth-order valence-corrected chi connectivity index (χ4v) is 4.00. The second-order valence-electron chi connectivity index (χ2n) is 5.25. The summed E-state index contributed by atoms with van der Waals surface area (Å²) in [5, 5.41) is 6.71. The van der Waals surface area contributed by atoms with Crippen LogP contribution in [0.25, 0.3) is 0 Å². The monoisotopic (exact) mass is 256 g/mol. The second kappa shape index (κ2) is 6.10. The predicted octanol–water partition coefficient (Wildman–Crippen LogP) is 1.92. The largest absolute Gasteiger partial charge is 0.351 e. The van der Waals surface area contributed by atoms with E-state index in [4.69, 9.17) is 0 Å². The molecule has 0 aromatic rings. The van der Waals surface area contributed by atoms with Gasteiger partial charge in [0.2, 0.25) is 5.91 Å². The lowest BCUT2D eigenvalue weighted by molar-refractivity contribution is -0.128. The van der Waals surface area contributed by atoms with Crippen LogP contribution in [-0.2, 0) is 4.79 Å². The first kappa shape index (κ1) is 13.2. The van der Waals surface area contributed by atoms with Gasteiger partial charge in [0.15, 0.2) is 0 Å². The highest BCUT2D eigenvalue weighted by molar-refractivity contribution is 7.99. The zero-order valence-electron chi connectivity index (χ0n) is 10.8. The van der Waals surface area contributed by atoms with E-state index in [-0.39, 0.29) is 11.4 Å². The molecular formula is C13H24N2OS. The Hall–Kier alpha value is -0.220. The van der Waals surface area contributed by atoms with E-state index in [1.807, 2.05) is 11.8 Å². The number of hydrogen-bond acceptors (Lipinski definition) is 3. The van der Waals surface area contributed by atoms with Gasteiger partial charge in [-0.25, -0.2) is 0 Å². The molecule has 0 bridgehead atoms. The molecule has 2 heterocycles. The van der Waals surface area contributed by atoms with E-state index in [2.05, 4.69) is 17.6 Å². The number of hydrogen-bond donors (Lipinski definition) is 2. The Morgan fingerprint density at radius 1 is 1.53 bits per heavy atom. The van der Waals surface area contributed by atoms with Crippen molar-refractivity contribution in [2.75, 3.05) is 18.1 Å². The van der Waals surface area contributed by atoms with Crippen molar-refractivity contribution in [3.05, 3.63) is 0 Å². The van der Waals surface area contributed by atoms with Gasteiger partial charge in [-0.2, -0.15) is 11.8 Å². The maximum atomic E-state index is 12.4. The molecule has 4 heteroatoms. The van der Waals surface area contributed by atoms with Crippen LogP contribution >= 0.6 is 11.8 Å². The first-order chi connectivity index (χ1) is 8.27. The van der Waals surface area contributed by atoms with E-state index < -0.39 is 0 Å². The van der Waals surface area contributed by atoms with Crippen LogP contribution in [0.15, 0.2) is 0 Å². The Balaban J connectivity index is 1.91. The predicted molar refractivity (Wildman–Crippen MR) is 73.4 cm³/mol. The van der Waals surface area contributed by atoms with Gasteiger partial charge in [-0.3, -0.25) is 4.79 Å². The van der Waals surface area contributed by atoms with E-state index in [1.54, 1.807) is 0 Å². The van der Waals surface area contributed by atoms with Crippen LogP contribution in [0.4, 0.5) is 0 Å². The number of carbonyl (C=O) groups excluding carboxylic acids is 1. The van der Waals surface area contributed by atoms with Gasteiger partial charge >= 0.3 is 0 Å². The summed E-state index contributed by atoms with van der Waals surface area (Å²) in [7, 11) is 0. The van der Waals surface area contributed by atoms with Crippen LogP contribution in [0.2, 0.25) is 0 Å². The average molecular weight is 256 g/mol. The maximum Gasteiger partial charge on any atom is 0.240 e.